The van der Waals surface area contributed by atoms with Crippen molar-refractivity contribution in [3.05, 3.63) is 48.0 Å². The highest BCUT2D eigenvalue weighted by Gasteiger charge is 2.24. The number of methoxy groups -OCH3 is 1. The monoisotopic (exact) mass is 425 g/mol. The van der Waals surface area contributed by atoms with E-state index in [9.17, 15) is 9.59 Å². The van der Waals surface area contributed by atoms with Gasteiger partial charge >= 0.3 is 0 Å². The van der Waals surface area contributed by atoms with E-state index in [1.165, 1.54) is 7.11 Å². The van der Waals surface area contributed by atoms with E-state index in [0.29, 0.717) is 29.2 Å². The summed E-state index contributed by atoms with van der Waals surface area (Å²) in [7, 11) is 1.53. The molecule has 0 radical (unpaired) electrons. The van der Waals surface area contributed by atoms with E-state index in [-0.39, 0.29) is 11.8 Å². The first-order chi connectivity index (χ1) is 15.0. The summed E-state index contributed by atoms with van der Waals surface area (Å²) in [6.45, 7) is 3.46. The smallest absolute Gasteiger partial charge is 0.248 e. The lowest BCUT2D eigenvalue weighted by molar-refractivity contribution is -0.121. The van der Waals surface area contributed by atoms with Gasteiger partial charge in [-0.05, 0) is 63.2 Å². The number of benzene rings is 2. The minimum absolute atomic E-state index is 0.0578. The molecule has 31 heavy (non-hydrogen) atoms. The molecule has 0 saturated carbocycles. The minimum Gasteiger partial charge on any atom is -0.494 e. The molecule has 8 heteroatoms. The van der Waals surface area contributed by atoms with Crippen molar-refractivity contribution in [2.24, 2.45) is 11.7 Å². The summed E-state index contributed by atoms with van der Waals surface area (Å²) in [5.41, 5.74) is 13.7. The third-order valence-electron chi connectivity index (χ3n) is 5.59. The maximum absolute atomic E-state index is 12.5. The summed E-state index contributed by atoms with van der Waals surface area (Å²) in [5, 5.41) is 6.30. The Hall–Kier alpha value is -3.26. The van der Waals surface area contributed by atoms with Crippen LogP contribution in [-0.2, 0) is 4.79 Å². The van der Waals surface area contributed by atoms with Crippen LogP contribution >= 0.6 is 0 Å². The molecule has 1 fully saturated rings. The fourth-order valence-corrected chi connectivity index (χ4v) is 3.83. The number of piperidine rings is 1. The van der Waals surface area contributed by atoms with Gasteiger partial charge in [-0.15, -0.1) is 0 Å². The van der Waals surface area contributed by atoms with Crippen molar-refractivity contribution in [3.8, 4) is 5.75 Å². The molecule has 3 rings (SSSR count). The highest BCUT2D eigenvalue weighted by atomic mass is 16.5. The number of nitrogens with zero attached hydrogens (tertiary/aromatic N) is 1. The van der Waals surface area contributed by atoms with Gasteiger partial charge in [-0.25, -0.2) is 0 Å². The van der Waals surface area contributed by atoms with Crippen molar-refractivity contribution in [1.82, 2.24) is 4.90 Å². The zero-order valence-electron chi connectivity index (χ0n) is 17.9. The van der Waals surface area contributed by atoms with E-state index in [1.54, 1.807) is 12.1 Å². The normalized spacial score (nSPS) is 14.7. The number of para-hydroxylation sites is 1. The number of carbonyl (C=O) groups is 2. The Morgan fingerprint density at radius 2 is 1.87 bits per heavy atom. The largest absolute Gasteiger partial charge is 0.494 e. The van der Waals surface area contributed by atoms with Gasteiger partial charge in [0.05, 0.1) is 12.8 Å². The van der Waals surface area contributed by atoms with E-state index in [2.05, 4.69) is 15.5 Å². The SMILES string of the molecule is COc1cc(C(N)=O)cc(N)c1NCCCN1CCC(C(=O)Nc2ccccc2)CC1. The maximum atomic E-state index is 12.5. The number of amides is 2. The average Bonchev–Trinajstić information content (AvgIpc) is 2.78. The van der Waals surface area contributed by atoms with Crippen molar-refractivity contribution in [2.75, 3.05) is 49.7 Å². The lowest BCUT2D eigenvalue weighted by Crippen LogP contribution is -2.39. The van der Waals surface area contributed by atoms with Crippen LogP contribution in [0.15, 0.2) is 42.5 Å². The third-order valence-corrected chi connectivity index (χ3v) is 5.59. The highest BCUT2D eigenvalue weighted by molar-refractivity contribution is 5.96. The van der Waals surface area contributed by atoms with Crippen molar-refractivity contribution in [1.29, 1.82) is 0 Å². The van der Waals surface area contributed by atoms with Crippen LogP contribution in [0.4, 0.5) is 17.1 Å². The van der Waals surface area contributed by atoms with E-state index in [4.69, 9.17) is 16.2 Å². The molecule has 1 saturated heterocycles. The Balaban J connectivity index is 1.41. The fraction of sp³-hybridized carbons (Fsp3) is 0.391. The summed E-state index contributed by atoms with van der Waals surface area (Å²) in [6.07, 6.45) is 2.64. The molecule has 0 bridgehead atoms. The Kier molecular flexibility index (Phi) is 7.72. The highest BCUT2D eigenvalue weighted by Crippen LogP contribution is 2.32. The van der Waals surface area contributed by atoms with Gasteiger partial charge in [0, 0.05) is 23.7 Å². The Labute approximate surface area is 182 Å². The molecule has 0 spiro atoms. The van der Waals surface area contributed by atoms with Crippen LogP contribution in [0.3, 0.4) is 0 Å². The first-order valence-electron chi connectivity index (χ1n) is 10.6. The molecule has 0 aromatic heterocycles. The van der Waals surface area contributed by atoms with Gasteiger partial charge in [0.15, 0.2) is 0 Å². The molecule has 0 atom stereocenters. The van der Waals surface area contributed by atoms with E-state index in [0.717, 1.165) is 44.6 Å². The zero-order chi connectivity index (χ0) is 22.2. The molecule has 8 nitrogen and oxygen atoms in total. The number of nitrogen functional groups attached to an aromatic ring is 1. The predicted molar refractivity (Wildman–Crippen MR) is 123 cm³/mol. The molecular weight excluding hydrogens is 394 g/mol. The molecule has 0 unspecified atom stereocenters. The fourth-order valence-electron chi connectivity index (χ4n) is 3.83. The first kappa shape index (κ1) is 22.4. The standard InChI is InChI=1S/C23H31N5O3/c1-31-20-15-17(22(25)29)14-19(24)21(20)26-10-5-11-28-12-8-16(9-13-28)23(30)27-18-6-3-2-4-7-18/h2-4,6-7,14-16,26H,5,8-13,24H2,1H3,(H2,25,29)(H,27,30). The molecule has 2 amide bonds. The minimum atomic E-state index is -0.544. The van der Waals surface area contributed by atoms with Gasteiger partial charge < -0.3 is 31.7 Å². The van der Waals surface area contributed by atoms with E-state index >= 15 is 0 Å². The predicted octanol–water partition coefficient (Wildman–Crippen LogP) is 2.53. The van der Waals surface area contributed by atoms with Gasteiger partial charge in [0.1, 0.15) is 11.4 Å². The average molecular weight is 426 g/mol. The van der Waals surface area contributed by atoms with Crippen LogP contribution in [-0.4, -0.2) is 50.0 Å². The molecule has 1 aliphatic heterocycles. The number of anilines is 3. The molecular formula is C23H31N5O3. The lowest BCUT2D eigenvalue weighted by Gasteiger charge is -2.31. The third kappa shape index (κ3) is 6.11. The molecule has 2 aromatic carbocycles. The number of ether oxygens (including phenoxy) is 1. The zero-order valence-corrected chi connectivity index (χ0v) is 17.9. The number of primary amides is 1. The number of nitrogens with one attached hydrogen (secondary N) is 2. The van der Waals surface area contributed by atoms with Gasteiger partial charge in [-0.3, -0.25) is 9.59 Å². The number of hydrogen-bond acceptors (Lipinski definition) is 6. The summed E-state index contributed by atoms with van der Waals surface area (Å²) in [4.78, 5) is 26.2. The topological polar surface area (TPSA) is 123 Å². The molecule has 166 valence electrons. The Bertz CT molecular complexity index is 896. The number of likely N-dealkylation sites (tertiary alicyclic amines) is 1. The number of carbonyl (C=O) groups excluding carboxylic acids is 2. The molecule has 1 heterocycles. The van der Waals surface area contributed by atoms with Crippen molar-refractivity contribution >= 4 is 28.9 Å². The summed E-state index contributed by atoms with van der Waals surface area (Å²) in [5.74, 6) is 0.119. The second-order valence-electron chi connectivity index (χ2n) is 7.76. The second kappa shape index (κ2) is 10.7. The molecule has 0 aliphatic carbocycles. The molecule has 1 aliphatic rings. The number of rotatable bonds is 9. The van der Waals surface area contributed by atoms with Crippen LogP contribution in [0.2, 0.25) is 0 Å². The second-order valence-corrected chi connectivity index (χ2v) is 7.76. The van der Waals surface area contributed by atoms with Crippen molar-refractivity contribution < 1.29 is 14.3 Å². The van der Waals surface area contributed by atoms with Crippen molar-refractivity contribution in [3.63, 3.8) is 0 Å². The first-order valence-corrected chi connectivity index (χ1v) is 10.6. The van der Waals surface area contributed by atoms with Gasteiger partial charge in [0.25, 0.3) is 0 Å². The quantitative estimate of drug-likeness (QED) is 0.362. The van der Waals surface area contributed by atoms with Gasteiger partial charge in [0.2, 0.25) is 11.8 Å². The summed E-state index contributed by atoms with van der Waals surface area (Å²) in [6, 6.07) is 12.7. The maximum Gasteiger partial charge on any atom is 0.248 e. The summed E-state index contributed by atoms with van der Waals surface area (Å²) < 4.78 is 5.34. The van der Waals surface area contributed by atoms with Gasteiger partial charge in [-0.2, -0.15) is 0 Å². The van der Waals surface area contributed by atoms with E-state index in [1.807, 2.05) is 30.3 Å². The van der Waals surface area contributed by atoms with E-state index < -0.39 is 5.91 Å². The van der Waals surface area contributed by atoms with Gasteiger partial charge in [-0.1, -0.05) is 18.2 Å². The van der Waals surface area contributed by atoms with Crippen LogP contribution in [0.1, 0.15) is 29.6 Å². The van der Waals surface area contributed by atoms with Crippen LogP contribution in [0, 0.1) is 5.92 Å². The lowest BCUT2D eigenvalue weighted by atomic mass is 9.95. The van der Waals surface area contributed by atoms with Crippen molar-refractivity contribution in [2.45, 2.75) is 19.3 Å². The Morgan fingerprint density at radius 3 is 2.52 bits per heavy atom. The summed E-state index contributed by atoms with van der Waals surface area (Å²) >= 11 is 0. The molecule has 2 aromatic rings. The van der Waals surface area contributed by atoms with Crippen LogP contribution < -0.4 is 26.8 Å². The Morgan fingerprint density at radius 1 is 1.16 bits per heavy atom. The number of hydrogen-bond donors (Lipinski definition) is 4. The number of nitrogens with two attached hydrogens (primary N) is 2. The van der Waals surface area contributed by atoms with Crippen LogP contribution in [0.25, 0.3) is 0 Å². The molecule has 6 N–H and O–H groups in total. The van der Waals surface area contributed by atoms with Crippen LogP contribution in [0.5, 0.6) is 5.75 Å².